The first-order chi connectivity index (χ1) is 7.21. The van der Waals surface area contributed by atoms with Gasteiger partial charge in [0.05, 0.1) is 6.61 Å². The zero-order valence-corrected chi connectivity index (χ0v) is 7.67. The van der Waals surface area contributed by atoms with Gasteiger partial charge in [0.25, 0.3) is 5.60 Å². The molecule has 0 spiro atoms. The number of ether oxygens (including phenoxy) is 1. The van der Waals surface area contributed by atoms with Crippen molar-refractivity contribution in [2.45, 2.75) is 24.1 Å². The van der Waals surface area contributed by atoms with Gasteiger partial charge < -0.3 is 9.84 Å². The Morgan fingerprint density at radius 2 is 1.06 bits per heavy atom. The van der Waals surface area contributed by atoms with E-state index in [0.29, 0.717) is 0 Å². The van der Waals surface area contributed by atoms with E-state index in [0.717, 1.165) is 0 Å². The molecule has 17 heavy (non-hydrogen) atoms. The quantitative estimate of drug-likeness (QED) is 0.804. The average Bonchev–Trinajstić information content (AvgIpc) is 1.96. The normalized spacial score (nSPS) is 15.2. The van der Waals surface area contributed by atoms with Gasteiger partial charge in [0.2, 0.25) is 0 Å². The van der Waals surface area contributed by atoms with Crippen LogP contribution in [-0.2, 0) is 4.74 Å². The highest BCUT2D eigenvalue weighted by atomic mass is 19.4. The summed E-state index contributed by atoms with van der Waals surface area (Å²) >= 11 is 0. The molecular formula is C6H5F9O2. The molecule has 0 rings (SSSR count). The molecule has 0 aromatic heterocycles. The minimum absolute atomic E-state index is 2.33. The topological polar surface area (TPSA) is 29.5 Å². The van der Waals surface area contributed by atoms with E-state index in [1.54, 1.807) is 0 Å². The molecule has 0 aliphatic heterocycles. The van der Waals surface area contributed by atoms with Gasteiger partial charge in [0.1, 0.15) is 6.61 Å². The number of rotatable bonds is 3. The Kier molecular flexibility index (Phi) is 4.33. The monoisotopic (exact) mass is 280 g/mol. The van der Waals surface area contributed by atoms with Gasteiger partial charge in [0, 0.05) is 0 Å². The fraction of sp³-hybridized carbons (Fsp3) is 1.00. The first-order valence-electron chi connectivity index (χ1n) is 3.71. The van der Waals surface area contributed by atoms with Crippen LogP contribution in [0, 0.1) is 0 Å². The maximum absolute atomic E-state index is 11.9. The zero-order chi connectivity index (χ0) is 14.1. The number of hydrogen-bond donors (Lipinski definition) is 1. The van der Waals surface area contributed by atoms with Crippen LogP contribution in [0.1, 0.15) is 0 Å². The maximum atomic E-state index is 11.9. The molecule has 0 aliphatic carbocycles. The molecule has 0 aliphatic rings. The van der Waals surface area contributed by atoms with E-state index < -0.39 is 37.3 Å². The fourth-order valence-corrected chi connectivity index (χ4v) is 0.639. The van der Waals surface area contributed by atoms with E-state index in [-0.39, 0.29) is 0 Å². The summed E-state index contributed by atoms with van der Waals surface area (Å²) in [7, 11) is 0. The van der Waals surface area contributed by atoms with Crippen LogP contribution >= 0.6 is 0 Å². The minimum atomic E-state index is -6.20. The molecule has 2 nitrogen and oxygen atoms in total. The molecule has 0 unspecified atom stereocenters. The van der Waals surface area contributed by atoms with Crippen LogP contribution in [-0.4, -0.2) is 42.5 Å². The predicted molar refractivity (Wildman–Crippen MR) is 33.9 cm³/mol. The first-order valence-corrected chi connectivity index (χ1v) is 3.71. The van der Waals surface area contributed by atoms with Crippen LogP contribution in [0.2, 0.25) is 0 Å². The van der Waals surface area contributed by atoms with Gasteiger partial charge >= 0.3 is 18.5 Å². The Balaban J connectivity index is 4.77. The molecule has 0 radical (unpaired) electrons. The van der Waals surface area contributed by atoms with Crippen molar-refractivity contribution in [2.75, 3.05) is 13.2 Å². The van der Waals surface area contributed by atoms with E-state index in [1.807, 2.05) is 0 Å². The summed E-state index contributed by atoms with van der Waals surface area (Å²) in [5.41, 5.74) is -5.33. The molecule has 0 atom stereocenters. The van der Waals surface area contributed by atoms with E-state index in [9.17, 15) is 39.5 Å². The van der Waals surface area contributed by atoms with Crippen molar-refractivity contribution in [3.8, 4) is 0 Å². The van der Waals surface area contributed by atoms with Crippen LogP contribution in [0.15, 0.2) is 0 Å². The minimum Gasteiger partial charge on any atom is -0.372 e. The third-order valence-corrected chi connectivity index (χ3v) is 1.51. The molecule has 0 fully saturated rings. The van der Waals surface area contributed by atoms with Crippen LogP contribution in [0.5, 0.6) is 0 Å². The van der Waals surface area contributed by atoms with Crippen LogP contribution in [0.4, 0.5) is 39.5 Å². The maximum Gasteiger partial charge on any atom is 0.428 e. The Labute approximate surface area is 88.0 Å². The lowest BCUT2D eigenvalue weighted by Crippen LogP contribution is -2.60. The van der Waals surface area contributed by atoms with E-state index in [2.05, 4.69) is 4.74 Å². The molecule has 0 saturated carbocycles. The number of aliphatic hydroxyl groups is 1. The van der Waals surface area contributed by atoms with Crippen molar-refractivity contribution < 1.29 is 49.4 Å². The van der Waals surface area contributed by atoms with Crippen LogP contribution in [0.3, 0.4) is 0 Å². The van der Waals surface area contributed by atoms with Crippen LogP contribution in [0.25, 0.3) is 0 Å². The summed E-state index contributed by atoms with van der Waals surface area (Å²) in [6.07, 6.45) is -17.5. The Hall–Kier alpha value is -0.710. The Bertz CT molecular complexity index is 236. The molecule has 0 aromatic rings. The SMILES string of the molecule is OC(COCC(F)(F)F)(C(F)(F)F)C(F)(F)F. The summed E-state index contributed by atoms with van der Waals surface area (Å²) < 4.78 is 109. The highest BCUT2D eigenvalue weighted by Gasteiger charge is 2.70. The predicted octanol–water partition coefficient (Wildman–Crippen LogP) is 2.42. The summed E-state index contributed by atoms with van der Waals surface area (Å²) in [5, 5.41) is 8.34. The molecule has 0 amide bonds. The molecule has 0 heterocycles. The molecule has 0 aromatic carbocycles. The first kappa shape index (κ1) is 16.3. The van der Waals surface area contributed by atoms with E-state index in [1.165, 1.54) is 0 Å². The van der Waals surface area contributed by atoms with Crippen molar-refractivity contribution in [3.05, 3.63) is 0 Å². The van der Waals surface area contributed by atoms with Gasteiger partial charge in [-0.25, -0.2) is 0 Å². The third-order valence-electron chi connectivity index (χ3n) is 1.51. The van der Waals surface area contributed by atoms with Gasteiger partial charge in [-0.15, -0.1) is 0 Å². The average molecular weight is 280 g/mol. The molecule has 0 bridgehead atoms. The summed E-state index contributed by atoms with van der Waals surface area (Å²) in [5.74, 6) is 0. The number of hydrogen-bond acceptors (Lipinski definition) is 2. The molecule has 104 valence electrons. The van der Waals surface area contributed by atoms with Gasteiger partial charge in [-0.1, -0.05) is 0 Å². The lowest BCUT2D eigenvalue weighted by atomic mass is 10.1. The second kappa shape index (κ2) is 4.52. The van der Waals surface area contributed by atoms with Gasteiger partial charge in [-0.3, -0.25) is 0 Å². The van der Waals surface area contributed by atoms with Crippen molar-refractivity contribution >= 4 is 0 Å². The smallest absolute Gasteiger partial charge is 0.372 e. The number of alkyl halides is 9. The fourth-order valence-electron chi connectivity index (χ4n) is 0.639. The van der Waals surface area contributed by atoms with Crippen molar-refractivity contribution in [2.24, 2.45) is 0 Å². The van der Waals surface area contributed by atoms with Crippen molar-refractivity contribution in [1.29, 1.82) is 0 Å². The Morgan fingerprint density at radius 3 is 1.29 bits per heavy atom. The lowest BCUT2D eigenvalue weighted by molar-refractivity contribution is -0.380. The second-order valence-corrected chi connectivity index (χ2v) is 2.96. The van der Waals surface area contributed by atoms with Crippen molar-refractivity contribution in [1.82, 2.24) is 0 Å². The number of halogens is 9. The largest absolute Gasteiger partial charge is 0.428 e. The summed E-state index contributed by atoms with van der Waals surface area (Å²) in [6.45, 7) is -4.92. The molecule has 11 heteroatoms. The van der Waals surface area contributed by atoms with Gasteiger partial charge in [-0.2, -0.15) is 39.5 Å². The summed E-state index contributed by atoms with van der Waals surface area (Å²) in [4.78, 5) is 0. The van der Waals surface area contributed by atoms with Gasteiger partial charge in [0.15, 0.2) is 0 Å². The van der Waals surface area contributed by atoms with Crippen LogP contribution < -0.4 is 0 Å². The van der Waals surface area contributed by atoms with E-state index >= 15 is 0 Å². The Morgan fingerprint density at radius 1 is 0.706 bits per heavy atom. The second-order valence-electron chi connectivity index (χ2n) is 2.96. The standard InChI is InChI=1S/C6H5F9O2/c7-4(8,9)2-17-1-3(16,5(10,11)12)6(13,14)15/h16H,1-2H2. The van der Waals surface area contributed by atoms with Gasteiger partial charge in [-0.05, 0) is 0 Å². The van der Waals surface area contributed by atoms with E-state index in [4.69, 9.17) is 5.11 Å². The highest BCUT2D eigenvalue weighted by Crippen LogP contribution is 2.43. The summed E-state index contributed by atoms with van der Waals surface area (Å²) in [6, 6.07) is 0. The zero-order valence-electron chi connectivity index (χ0n) is 7.67. The van der Waals surface area contributed by atoms with Crippen molar-refractivity contribution in [3.63, 3.8) is 0 Å². The highest BCUT2D eigenvalue weighted by molar-refractivity contribution is 4.93. The third kappa shape index (κ3) is 4.22. The molecule has 0 saturated heterocycles. The molecule has 1 N–H and O–H groups in total. The molecular weight excluding hydrogens is 275 g/mol. The lowest BCUT2D eigenvalue weighted by Gasteiger charge is -2.31.